The van der Waals surface area contributed by atoms with Gasteiger partial charge in [-0.05, 0) is 54.3 Å². The Labute approximate surface area is 104 Å². The van der Waals surface area contributed by atoms with E-state index in [1.807, 2.05) is 12.1 Å². The second-order valence-corrected chi connectivity index (χ2v) is 4.54. The van der Waals surface area contributed by atoms with E-state index in [1.54, 1.807) is 18.5 Å². The van der Waals surface area contributed by atoms with Crippen molar-refractivity contribution in [3.05, 3.63) is 65.2 Å². The topological polar surface area (TPSA) is 30.0 Å². The van der Waals surface area contributed by atoms with E-state index < -0.39 is 0 Å². The summed E-state index contributed by atoms with van der Waals surface area (Å²) in [5, 5.41) is 0. The van der Waals surface area contributed by atoms with Crippen LogP contribution in [0.25, 0.3) is 0 Å². The standard InChI is InChI=1S/C15H12FNO/c16-12-2-4-14-11(9-12)1-3-13(15(14)18)10-5-7-17-8-6-10/h2,4-9,13H,1,3H2. The molecule has 1 atom stereocenters. The highest BCUT2D eigenvalue weighted by atomic mass is 19.1. The maximum atomic E-state index is 13.1. The molecule has 1 aromatic heterocycles. The molecule has 0 fully saturated rings. The van der Waals surface area contributed by atoms with Crippen molar-refractivity contribution in [3.63, 3.8) is 0 Å². The molecule has 90 valence electrons. The summed E-state index contributed by atoms with van der Waals surface area (Å²) in [7, 11) is 0. The third-order valence-corrected chi connectivity index (χ3v) is 3.46. The van der Waals surface area contributed by atoms with Crippen LogP contribution in [0.1, 0.15) is 33.8 Å². The van der Waals surface area contributed by atoms with E-state index in [-0.39, 0.29) is 17.5 Å². The third-order valence-electron chi connectivity index (χ3n) is 3.46. The fraction of sp³-hybridized carbons (Fsp3) is 0.200. The zero-order chi connectivity index (χ0) is 12.5. The number of pyridine rings is 1. The summed E-state index contributed by atoms with van der Waals surface area (Å²) in [6, 6.07) is 8.16. The Bertz CT molecular complexity index is 595. The smallest absolute Gasteiger partial charge is 0.170 e. The van der Waals surface area contributed by atoms with Crippen LogP contribution in [-0.2, 0) is 6.42 Å². The average Bonchev–Trinajstić information content (AvgIpc) is 2.40. The lowest BCUT2D eigenvalue weighted by atomic mass is 9.79. The number of ketones is 1. The lowest BCUT2D eigenvalue weighted by molar-refractivity contribution is 0.0946. The second kappa shape index (κ2) is 4.33. The molecule has 3 rings (SSSR count). The van der Waals surface area contributed by atoms with Crippen molar-refractivity contribution in [2.45, 2.75) is 18.8 Å². The van der Waals surface area contributed by atoms with E-state index in [1.165, 1.54) is 12.1 Å². The van der Waals surface area contributed by atoms with Crippen LogP contribution in [0.5, 0.6) is 0 Å². The molecule has 0 N–H and O–H groups in total. The van der Waals surface area contributed by atoms with Crippen molar-refractivity contribution >= 4 is 5.78 Å². The Morgan fingerprint density at radius 1 is 1.17 bits per heavy atom. The molecular formula is C15H12FNO. The zero-order valence-electron chi connectivity index (χ0n) is 9.77. The fourth-order valence-corrected chi connectivity index (χ4v) is 2.54. The van der Waals surface area contributed by atoms with Crippen LogP contribution < -0.4 is 0 Å². The van der Waals surface area contributed by atoms with E-state index in [4.69, 9.17) is 0 Å². The molecule has 0 amide bonds. The third kappa shape index (κ3) is 1.82. The fourth-order valence-electron chi connectivity index (χ4n) is 2.54. The lowest BCUT2D eigenvalue weighted by Crippen LogP contribution is -2.21. The Morgan fingerprint density at radius 3 is 2.72 bits per heavy atom. The molecule has 2 nitrogen and oxygen atoms in total. The minimum absolute atomic E-state index is 0.0856. The SMILES string of the molecule is O=C1c2ccc(F)cc2CCC1c1ccncc1. The molecule has 0 saturated carbocycles. The molecule has 1 aliphatic carbocycles. The molecule has 2 aromatic rings. The van der Waals surface area contributed by atoms with Gasteiger partial charge in [0.05, 0.1) is 0 Å². The number of hydrogen-bond donors (Lipinski definition) is 0. The van der Waals surface area contributed by atoms with Gasteiger partial charge in [0, 0.05) is 23.9 Å². The second-order valence-electron chi connectivity index (χ2n) is 4.54. The summed E-state index contributed by atoms with van der Waals surface area (Å²) in [5.74, 6) is -0.308. The van der Waals surface area contributed by atoms with E-state index in [0.29, 0.717) is 5.56 Å². The number of halogens is 1. The Balaban J connectivity index is 2.00. The number of aryl methyl sites for hydroxylation is 1. The van der Waals surface area contributed by atoms with Gasteiger partial charge in [-0.1, -0.05) is 0 Å². The number of carbonyl (C=O) groups is 1. The highest BCUT2D eigenvalue weighted by molar-refractivity contribution is 6.03. The van der Waals surface area contributed by atoms with E-state index >= 15 is 0 Å². The molecular weight excluding hydrogens is 229 g/mol. The van der Waals surface area contributed by atoms with Crippen LogP contribution in [0, 0.1) is 5.82 Å². The number of fused-ring (bicyclic) bond motifs is 1. The summed E-state index contributed by atoms with van der Waals surface area (Å²) in [4.78, 5) is 16.3. The van der Waals surface area contributed by atoms with Crippen LogP contribution in [-0.4, -0.2) is 10.8 Å². The molecule has 1 aromatic carbocycles. The number of benzene rings is 1. The van der Waals surface area contributed by atoms with Crippen LogP contribution in [0.3, 0.4) is 0 Å². The van der Waals surface area contributed by atoms with Gasteiger partial charge in [0.2, 0.25) is 0 Å². The van der Waals surface area contributed by atoms with Gasteiger partial charge in [-0.25, -0.2) is 4.39 Å². The first-order valence-electron chi connectivity index (χ1n) is 5.98. The Morgan fingerprint density at radius 2 is 1.94 bits per heavy atom. The van der Waals surface area contributed by atoms with Crippen LogP contribution in [0.2, 0.25) is 0 Å². The van der Waals surface area contributed by atoms with Crippen molar-refractivity contribution in [2.24, 2.45) is 0 Å². The molecule has 1 aliphatic rings. The monoisotopic (exact) mass is 241 g/mol. The molecule has 18 heavy (non-hydrogen) atoms. The van der Waals surface area contributed by atoms with E-state index in [2.05, 4.69) is 4.98 Å². The summed E-state index contributed by atoms with van der Waals surface area (Å²) in [6.07, 6.45) is 4.87. The molecule has 1 unspecified atom stereocenters. The van der Waals surface area contributed by atoms with Gasteiger partial charge in [-0.15, -0.1) is 0 Å². The van der Waals surface area contributed by atoms with Crippen LogP contribution in [0.15, 0.2) is 42.7 Å². The Hall–Kier alpha value is -2.03. The number of aromatic nitrogens is 1. The summed E-state index contributed by atoms with van der Waals surface area (Å²) < 4.78 is 13.1. The van der Waals surface area contributed by atoms with Crippen molar-refractivity contribution in [1.29, 1.82) is 0 Å². The maximum absolute atomic E-state index is 13.1. The van der Waals surface area contributed by atoms with Crippen molar-refractivity contribution < 1.29 is 9.18 Å². The predicted octanol–water partition coefficient (Wildman–Crippen LogP) is 3.13. The average molecular weight is 241 g/mol. The molecule has 0 spiro atoms. The van der Waals surface area contributed by atoms with Gasteiger partial charge in [0.1, 0.15) is 5.82 Å². The maximum Gasteiger partial charge on any atom is 0.170 e. The minimum atomic E-state index is -0.274. The summed E-state index contributed by atoms with van der Waals surface area (Å²) in [5.41, 5.74) is 2.47. The molecule has 3 heteroatoms. The number of carbonyl (C=O) groups excluding carboxylic acids is 1. The number of Topliss-reactive ketones (excluding diaryl/α,β-unsaturated/α-hetero) is 1. The lowest BCUT2D eigenvalue weighted by Gasteiger charge is -2.23. The molecule has 0 aliphatic heterocycles. The minimum Gasteiger partial charge on any atom is -0.293 e. The van der Waals surface area contributed by atoms with Gasteiger partial charge in [-0.3, -0.25) is 9.78 Å². The molecule has 0 radical (unpaired) electrons. The molecule has 1 heterocycles. The normalized spacial score (nSPS) is 18.5. The van der Waals surface area contributed by atoms with Gasteiger partial charge in [-0.2, -0.15) is 0 Å². The number of rotatable bonds is 1. The first-order valence-corrected chi connectivity index (χ1v) is 5.98. The highest BCUT2D eigenvalue weighted by Gasteiger charge is 2.28. The molecule has 0 saturated heterocycles. The molecule has 0 bridgehead atoms. The number of nitrogens with zero attached hydrogens (tertiary/aromatic N) is 1. The van der Waals surface area contributed by atoms with Crippen molar-refractivity contribution in [2.75, 3.05) is 0 Å². The van der Waals surface area contributed by atoms with Gasteiger partial charge < -0.3 is 0 Å². The predicted molar refractivity (Wildman–Crippen MR) is 66.0 cm³/mol. The van der Waals surface area contributed by atoms with E-state index in [0.717, 1.165) is 24.0 Å². The zero-order valence-corrected chi connectivity index (χ0v) is 9.77. The summed E-state index contributed by atoms with van der Waals surface area (Å²) >= 11 is 0. The van der Waals surface area contributed by atoms with E-state index in [9.17, 15) is 9.18 Å². The largest absolute Gasteiger partial charge is 0.293 e. The Kier molecular flexibility index (Phi) is 2.67. The highest BCUT2D eigenvalue weighted by Crippen LogP contribution is 2.32. The van der Waals surface area contributed by atoms with Crippen LogP contribution in [0.4, 0.5) is 4.39 Å². The van der Waals surface area contributed by atoms with Crippen molar-refractivity contribution in [3.8, 4) is 0 Å². The van der Waals surface area contributed by atoms with Gasteiger partial charge >= 0.3 is 0 Å². The first kappa shape index (κ1) is 11.1. The van der Waals surface area contributed by atoms with Gasteiger partial charge in [0.15, 0.2) is 5.78 Å². The number of hydrogen-bond acceptors (Lipinski definition) is 2. The van der Waals surface area contributed by atoms with Gasteiger partial charge in [0.25, 0.3) is 0 Å². The van der Waals surface area contributed by atoms with Crippen molar-refractivity contribution in [1.82, 2.24) is 4.98 Å². The first-order chi connectivity index (χ1) is 8.75. The van der Waals surface area contributed by atoms with Crippen LogP contribution >= 0.6 is 0 Å². The summed E-state index contributed by atoms with van der Waals surface area (Å²) in [6.45, 7) is 0. The quantitative estimate of drug-likeness (QED) is 0.767.